The van der Waals surface area contributed by atoms with E-state index in [4.69, 9.17) is 0 Å². The third-order valence-corrected chi connectivity index (χ3v) is 6.63. The van der Waals surface area contributed by atoms with E-state index in [9.17, 15) is 18.0 Å². The molecule has 8 heteroatoms. The minimum atomic E-state index is -3.36. The average Bonchev–Trinajstić information content (AvgIpc) is 3.23. The van der Waals surface area contributed by atoms with Gasteiger partial charge in [-0.3, -0.25) is 13.9 Å². The second-order valence-electron chi connectivity index (χ2n) is 7.61. The number of nitrogens with one attached hydrogen (secondary N) is 1. The number of nitrogens with zero attached hydrogens (tertiary/aromatic N) is 2. The zero-order valence-corrected chi connectivity index (χ0v) is 17.2. The molecule has 0 aliphatic carbocycles. The number of amides is 2. The molecular formula is C21H23N3O4S. The topological polar surface area (TPSA) is 86.8 Å². The fourth-order valence-corrected chi connectivity index (χ4v) is 5.36. The van der Waals surface area contributed by atoms with Crippen LogP contribution in [0.15, 0.2) is 42.5 Å². The van der Waals surface area contributed by atoms with E-state index in [1.54, 1.807) is 35.2 Å². The molecule has 152 valence electrons. The monoisotopic (exact) mass is 413 g/mol. The molecule has 2 aliphatic heterocycles. The lowest BCUT2D eigenvalue weighted by molar-refractivity contribution is -0.117. The minimum absolute atomic E-state index is 0.122. The SMILES string of the molecule is C[C@@H]1Cc2cc(C(=O)Nc3ccc(N4CCCC4=O)cc3)ccc2N1S(C)(=O)=O. The van der Waals surface area contributed by atoms with Crippen molar-refractivity contribution in [2.75, 3.05) is 27.3 Å². The van der Waals surface area contributed by atoms with Crippen LogP contribution in [0.25, 0.3) is 0 Å². The number of sulfonamides is 1. The van der Waals surface area contributed by atoms with Gasteiger partial charge < -0.3 is 10.2 Å². The lowest BCUT2D eigenvalue weighted by Crippen LogP contribution is -2.34. The number of carbonyl (C=O) groups excluding carboxylic acids is 2. The van der Waals surface area contributed by atoms with E-state index < -0.39 is 10.0 Å². The molecule has 0 radical (unpaired) electrons. The van der Waals surface area contributed by atoms with Crippen LogP contribution in [-0.4, -0.2) is 39.1 Å². The number of benzene rings is 2. The fraction of sp³-hybridized carbons (Fsp3) is 0.333. The smallest absolute Gasteiger partial charge is 0.255 e. The molecule has 7 nitrogen and oxygen atoms in total. The quantitative estimate of drug-likeness (QED) is 0.835. The highest BCUT2D eigenvalue weighted by molar-refractivity contribution is 7.92. The first-order valence-corrected chi connectivity index (χ1v) is 11.4. The van der Waals surface area contributed by atoms with Crippen LogP contribution >= 0.6 is 0 Å². The molecule has 29 heavy (non-hydrogen) atoms. The Hall–Kier alpha value is -2.87. The molecule has 4 rings (SSSR count). The van der Waals surface area contributed by atoms with Gasteiger partial charge in [-0.15, -0.1) is 0 Å². The summed E-state index contributed by atoms with van der Waals surface area (Å²) in [4.78, 5) is 26.2. The maximum atomic E-state index is 12.7. The van der Waals surface area contributed by atoms with Gasteiger partial charge in [0.2, 0.25) is 15.9 Å². The van der Waals surface area contributed by atoms with Gasteiger partial charge in [0, 0.05) is 35.9 Å². The van der Waals surface area contributed by atoms with Gasteiger partial charge in [0.15, 0.2) is 0 Å². The number of hydrogen-bond donors (Lipinski definition) is 1. The Bertz CT molecular complexity index is 1080. The molecule has 0 unspecified atom stereocenters. The summed E-state index contributed by atoms with van der Waals surface area (Å²) in [6, 6.07) is 12.1. The van der Waals surface area contributed by atoms with Crippen molar-refractivity contribution < 1.29 is 18.0 Å². The van der Waals surface area contributed by atoms with E-state index in [0.717, 1.165) is 24.2 Å². The third-order valence-electron chi connectivity index (χ3n) is 5.36. The summed E-state index contributed by atoms with van der Waals surface area (Å²) in [6.45, 7) is 2.58. The number of hydrogen-bond acceptors (Lipinski definition) is 4. The van der Waals surface area contributed by atoms with Gasteiger partial charge in [0.25, 0.3) is 5.91 Å². The van der Waals surface area contributed by atoms with Crippen LogP contribution < -0.4 is 14.5 Å². The molecule has 1 fully saturated rings. The Balaban J connectivity index is 1.50. The van der Waals surface area contributed by atoms with Gasteiger partial charge in [-0.25, -0.2) is 8.42 Å². The maximum Gasteiger partial charge on any atom is 0.255 e. The Morgan fingerprint density at radius 3 is 2.48 bits per heavy atom. The normalized spacial score (nSPS) is 18.8. The van der Waals surface area contributed by atoms with Crippen molar-refractivity contribution in [2.45, 2.75) is 32.2 Å². The highest BCUT2D eigenvalue weighted by Crippen LogP contribution is 2.35. The van der Waals surface area contributed by atoms with Gasteiger partial charge in [-0.1, -0.05) is 0 Å². The third kappa shape index (κ3) is 3.72. The van der Waals surface area contributed by atoms with Gasteiger partial charge in [0.05, 0.1) is 11.9 Å². The molecule has 1 N–H and O–H groups in total. The van der Waals surface area contributed by atoms with Crippen LogP contribution in [0.1, 0.15) is 35.7 Å². The maximum absolute atomic E-state index is 12.7. The van der Waals surface area contributed by atoms with Crippen molar-refractivity contribution in [2.24, 2.45) is 0 Å². The number of carbonyl (C=O) groups is 2. The Morgan fingerprint density at radius 1 is 1.14 bits per heavy atom. The molecular weight excluding hydrogens is 390 g/mol. The summed E-state index contributed by atoms with van der Waals surface area (Å²) in [5.41, 5.74) is 3.43. The number of anilines is 3. The standard InChI is InChI=1S/C21H23N3O4S/c1-14-12-16-13-15(5-10-19(16)24(14)29(2,27)28)21(26)22-17-6-8-18(9-7-17)23-11-3-4-20(23)25/h5-10,13-14H,3-4,11-12H2,1-2H3,(H,22,26)/t14-/m1/s1. The predicted molar refractivity (Wildman–Crippen MR) is 113 cm³/mol. The lowest BCUT2D eigenvalue weighted by Gasteiger charge is -2.21. The minimum Gasteiger partial charge on any atom is -0.322 e. The van der Waals surface area contributed by atoms with Gasteiger partial charge in [0.1, 0.15) is 0 Å². The van der Waals surface area contributed by atoms with Crippen molar-refractivity contribution in [3.8, 4) is 0 Å². The molecule has 0 bridgehead atoms. The van der Waals surface area contributed by atoms with Crippen LogP contribution in [-0.2, 0) is 21.2 Å². The van der Waals surface area contributed by atoms with Gasteiger partial charge in [-0.2, -0.15) is 0 Å². The first kappa shape index (κ1) is 19.4. The molecule has 2 aromatic carbocycles. The Kier molecular flexibility index (Phi) is 4.82. The molecule has 1 atom stereocenters. The highest BCUT2D eigenvalue weighted by Gasteiger charge is 2.32. The van der Waals surface area contributed by atoms with E-state index in [1.807, 2.05) is 19.1 Å². The van der Waals surface area contributed by atoms with E-state index in [2.05, 4.69) is 5.32 Å². The fourth-order valence-electron chi connectivity index (χ4n) is 4.10. The largest absolute Gasteiger partial charge is 0.322 e. The first-order valence-electron chi connectivity index (χ1n) is 9.58. The van der Waals surface area contributed by atoms with Crippen molar-refractivity contribution in [3.63, 3.8) is 0 Å². The molecule has 2 amide bonds. The summed E-state index contributed by atoms with van der Waals surface area (Å²) in [7, 11) is -3.36. The van der Waals surface area contributed by atoms with Crippen LogP contribution in [0.3, 0.4) is 0 Å². The van der Waals surface area contributed by atoms with Crippen LogP contribution in [0.5, 0.6) is 0 Å². The molecule has 2 aliphatic rings. The number of fused-ring (bicyclic) bond motifs is 1. The van der Waals surface area contributed by atoms with Gasteiger partial charge in [-0.05, 0) is 67.8 Å². The lowest BCUT2D eigenvalue weighted by atomic mass is 10.1. The molecule has 2 aromatic rings. The van der Waals surface area contributed by atoms with Crippen molar-refractivity contribution in [1.82, 2.24) is 0 Å². The Morgan fingerprint density at radius 2 is 1.86 bits per heavy atom. The molecule has 0 saturated carbocycles. The molecule has 0 spiro atoms. The van der Waals surface area contributed by atoms with Gasteiger partial charge >= 0.3 is 0 Å². The summed E-state index contributed by atoms with van der Waals surface area (Å²) in [5, 5.41) is 2.86. The summed E-state index contributed by atoms with van der Waals surface area (Å²) in [6.07, 6.45) is 3.21. The summed E-state index contributed by atoms with van der Waals surface area (Å²) >= 11 is 0. The van der Waals surface area contributed by atoms with E-state index >= 15 is 0 Å². The second kappa shape index (κ2) is 7.18. The van der Waals surface area contributed by atoms with Crippen LogP contribution in [0, 0.1) is 0 Å². The average molecular weight is 413 g/mol. The zero-order chi connectivity index (χ0) is 20.8. The van der Waals surface area contributed by atoms with Crippen molar-refractivity contribution in [1.29, 1.82) is 0 Å². The molecule has 2 heterocycles. The van der Waals surface area contributed by atoms with E-state index in [0.29, 0.717) is 29.8 Å². The van der Waals surface area contributed by atoms with E-state index in [1.165, 1.54) is 10.6 Å². The number of rotatable bonds is 4. The molecule has 1 saturated heterocycles. The van der Waals surface area contributed by atoms with Crippen molar-refractivity contribution >= 4 is 38.9 Å². The molecule has 0 aromatic heterocycles. The zero-order valence-electron chi connectivity index (χ0n) is 16.4. The predicted octanol–water partition coefficient (Wildman–Crippen LogP) is 2.78. The summed E-state index contributed by atoms with van der Waals surface area (Å²) in [5.74, 6) is -0.138. The Labute approximate surface area is 170 Å². The van der Waals surface area contributed by atoms with Crippen LogP contribution in [0.2, 0.25) is 0 Å². The second-order valence-corrected chi connectivity index (χ2v) is 9.46. The van der Waals surface area contributed by atoms with Crippen LogP contribution in [0.4, 0.5) is 17.1 Å². The summed E-state index contributed by atoms with van der Waals surface area (Å²) < 4.78 is 25.5. The first-order chi connectivity index (χ1) is 13.7. The van der Waals surface area contributed by atoms with Crippen molar-refractivity contribution in [3.05, 3.63) is 53.6 Å². The van der Waals surface area contributed by atoms with E-state index in [-0.39, 0.29) is 17.9 Å². The highest BCUT2D eigenvalue weighted by atomic mass is 32.2.